The molecule has 0 aromatic heterocycles. The van der Waals surface area contributed by atoms with Crippen molar-refractivity contribution in [2.24, 2.45) is 17.8 Å². The monoisotopic (exact) mass is 877 g/mol. The summed E-state index contributed by atoms with van der Waals surface area (Å²) in [6, 6.07) is 0. The molecule has 0 aromatic carbocycles. The quantitative estimate of drug-likeness (QED) is 0.0344. The molecular weight excluding hydrogens is 769 g/mol. The van der Waals surface area contributed by atoms with Crippen LogP contribution in [0.5, 0.6) is 0 Å². The number of unbranched alkanes of at least 4 members (excludes halogenated alkanes) is 30. The second-order valence-electron chi connectivity index (χ2n) is 20.2. The molecule has 0 bridgehead atoms. The largest absolute Gasteiger partial charge is 0.462 e. The Labute approximate surface area is 387 Å². The molecule has 2 unspecified atom stereocenters. The second kappa shape index (κ2) is 47.4. The van der Waals surface area contributed by atoms with Gasteiger partial charge in [-0.25, -0.2) is 0 Å². The molecule has 0 amide bonds. The highest BCUT2D eigenvalue weighted by atomic mass is 16.6. The van der Waals surface area contributed by atoms with Crippen LogP contribution in [-0.4, -0.2) is 37.2 Å². The Morgan fingerprint density at radius 3 is 0.839 bits per heavy atom. The van der Waals surface area contributed by atoms with E-state index < -0.39 is 6.10 Å². The molecule has 0 aromatic rings. The molecule has 3 atom stereocenters. The zero-order valence-electron chi connectivity index (χ0n) is 42.7. The molecule has 0 saturated carbocycles. The summed E-state index contributed by atoms with van der Waals surface area (Å²) >= 11 is 0. The summed E-state index contributed by atoms with van der Waals surface area (Å²) < 4.78 is 16.9. The van der Waals surface area contributed by atoms with Crippen LogP contribution in [0, 0.1) is 17.8 Å². The average Bonchev–Trinajstić information content (AvgIpc) is 3.26. The maximum atomic E-state index is 12.8. The summed E-state index contributed by atoms with van der Waals surface area (Å²) in [5.41, 5.74) is 0. The molecule has 0 radical (unpaired) electrons. The Kier molecular flexibility index (Phi) is 46.2. The van der Waals surface area contributed by atoms with E-state index in [2.05, 4.69) is 41.5 Å². The van der Waals surface area contributed by atoms with Gasteiger partial charge < -0.3 is 14.2 Å². The van der Waals surface area contributed by atoms with Crippen molar-refractivity contribution >= 4 is 17.9 Å². The first kappa shape index (κ1) is 60.4. The normalized spacial score (nSPS) is 13.0. The predicted octanol–water partition coefficient (Wildman–Crippen LogP) is 17.9. The van der Waals surface area contributed by atoms with Gasteiger partial charge in [-0.3, -0.25) is 14.4 Å². The summed E-state index contributed by atoms with van der Waals surface area (Å²) in [5.74, 6) is 1.73. The minimum Gasteiger partial charge on any atom is -0.462 e. The highest BCUT2D eigenvalue weighted by Gasteiger charge is 2.19. The van der Waals surface area contributed by atoms with Crippen molar-refractivity contribution in [1.82, 2.24) is 0 Å². The van der Waals surface area contributed by atoms with E-state index in [1.54, 1.807) is 0 Å². The van der Waals surface area contributed by atoms with Gasteiger partial charge in [0.15, 0.2) is 6.10 Å². The van der Waals surface area contributed by atoms with E-state index in [0.717, 1.165) is 75.5 Å². The van der Waals surface area contributed by atoms with Crippen LogP contribution >= 0.6 is 0 Å². The van der Waals surface area contributed by atoms with Crippen LogP contribution in [0.1, 0.15) is 305 Å². The predicted molar refractivity (Wildman–Crippen MR) is 266 cm³/mol. The molecule has 6 nitrogen and oxygen atoms in total. The summed E-state index contributed by atoms with van der Waals surface area (Å²) in [4.78, 5) is 38.1. The molecular formula is C56H108O6. The fourth-order valence-electron chi connectivity index (χ4n) is 8.40. The van der Waals surface area contributed by atoms with Gasteiger partial charge in [-0.1, -0.05) is 266 Å². The molecule has 0 aliphatic rings. The zero-order valence-corrected chi connectivity index (χ0v) is 42.7. The summed E-state index contributed by atoms with van der Waals surface area (Å²) in [7, 11) is 0. The van der Waals surface area contributed by atoms with Crippen LogP contribution in [0.3, 0.4) is 0 Å². The van der Waals surface area contributed by atoms with Gasteiger partial charge in [0.25, 0.3) is 0 Å². The Balaban J connectivity index is 4.33. The number of carbonyl (C=O) groups excluding carboxylic acids is 3. The van der Waals surface area contributed by atoms with E-state index in [9.17, 15) is 14.4 Å². The molecule has 0 spiro atoms. The molecule has 0 saturated heterocycles. The van der Waals surface area contributed by atoms with Crippen LogP contribution in [0.2, 0.25) is 0 Å². The van der Waals surface area contributed by atoms with E-state index in [-0.39, 0.29) is 31.1 Å². The summed E-state index contributed by atoms with van der Waals surface area (Å²) in [6.45, 7) is 13.8. The first-order valence-corrected chi connectivity index (χ1v) is 27.7. The third-order valence-corrected chi connectivity index (χ3v) is 13.4. The van der Waals surface area contributed by atoms with Gasteiger partial charge in [-0.05, 0) is 37.0 Å². The third kappa shape index (κ3) is 46.4. The van der Waals surface area contributed by atoms with E-state index in [4.69, 9.17) is 14.2 Å². The van der Waals surface area contributed by atoms with Crippen LogP contribution in [0.25, 0.3) is 0 Å². The molecule has 0 rings (SSSR count). The Morgan fingerprint density at radius 2 is 0.565 bits per heavy atom. The molecule has 6 heteroatoms. The van der Waals surface area contributed by atoms with Crippen molar-refractivity contribution in [2.75, 3.05) is 13.2 Å². The van der Waals surface area contributed by atoms with Gasteiger partial charge in [0.05, 0.1) is 0 Å². The Hall–Kier alpha value is -1.59. The maximum Gasteiger partial charge on any atom is 0.306 e. The van der Waals surface area contributed by atoms with Crippen molar-refractivity contribution in [3.05, 3.63) is 0 Å². The van der Waals surface area contributed by atoms with Crippen molar-refractivity contribution in [1.29, 1.82) is 0 Å². The van der Waals surface area contributed by atoms with E-state index >= 15 is 0 Å². The second-order valence-corrected chi connectivity index (χ2v) is 20.2. The minimum atomic E-state index is -0.763. The lowest BCUT2D eigenvalue weighted by Gasteiger charge is -2.18. The van der Waals surface area contributed by atoms with E-state index in [0.29, 0.717) is 19.3 Å². The van der Waals surface area contributed by atoms with E-state index in [1.165, 1.54) is 186 Å². The van der Waals surface area contributed by atoms with Crippen LogP contribution in [0.15, 0.2) is 0 Å². The Bertz CT molecular complexity index is 964. The van der Waals surface area contributed by atoms with Crippen LogP contribution in [-0.2, 0) is 28.6 Å². The fourth-order valence-corrected chi connectivity index (χ4v) is 8.40. The molecule has 0 fully saturated rings. The van der Waals surface area contributed by atoms with Crippen molar-refractivity contribution in [3.8, 4) is 0 Å². The van der Waals surface area contributed by atoms with Crippen molar-refractivity contribution < 1.29 is 28.6 Å². The number of ether oxygens (including phenoxy) is 3. The minimum absolute atomic E-state index is 0.0642. The topological polar surface area (TPSA) is 78.9 Å². The molecule has 0 heterocycles. The van der Waals surface area contributed by atoms with Gasteiger partial charge >= 0.3 is 17.9 Å². The average molecular weight is 877 g/mol. The van der Waals surface area contributed by atoms with Gasteiger partial charge in [0.2, 0.25) is 0 Å². The van der Waals surface area contributed by atoms with E-state index in [1.807, 2.05) is 0 Å². The summed E-state index contributed by atoms with van der Waals surface area (Å²) in [6.07, 6.45) is 47.9. The van der Waals surface area contributed by atoms with Crippen LogP contribution < -0.4 is 0 Å². The lowest BCUT2D eigenvalue weighted by Crippen LogP contribution is -2.30. The summed E-state index contributed by atoms with van der Waals surface area (Å²) in [5, 5.41) is 0. The van der Waals surface area contributed by atoms with Crippen molar-refractivity contribution in [2.45, 2.75) is 311 Å². The highest BCUT2D eigenvalue weighted by molar-refractivity contribution is 5.71. The first-order valence-electron chi connectivity index (χ1n) is 27.7. The van der Waals surface area contributed by atoms with Crippen molar-refractivity contribution in [3.63, 3.8) is 0 Å². The molecule has 0 aliphatic carbocycles. The standard InChI is InChI=1S/C56H108O6/c1-7-51(5)43-37-31-25-19-14-16-22-28-34-40-46-55(58)61-49-53(62-56(59)47-41-35-29-23-17-15-20-26-32-38-44-52(6)8-2)48-60-54(57)45-39-33-27-21-13-11-9-10-12-18-24-30-36-42-50(3)4/h50-53H,7-49H2,1-6H3/t51?,52?,53-/m1/s1. The number of hydrogen-bond donors (Lipinski definition) is 0. The Morgan fingerprint density at radius 1 is 0.323 bits per heavy atom. The fraction of sp³-hybridized carbons (Fsp3) is 0.946. The maximum absolute atomic E-state index is 12.8. The van der Waals surface area contributed by atoms with Crippen LogP contribution in [0.4, 0.5) is 0 Å². The highest BCUT2D eigenvalue weighted by Crippen LogP contribution is 2.19. The molecule has 62 heavy (non-hydrogen) atoms. The van der Waals surface area contributed by atoms with Gasteiger partial charge in [-0.2, -0.15) is 0 Å². The zero-order chi connectivity index (χ0) is 45.6. The number of rotatable bonds is 49. The van der Waals surface area contributed by atoms with Gasteiger partial charge in [-0.15, -0.1) is 0 Å². The van der Waals surface area contributed by atoms with Gasteiger partial charge in [0, 0.05) is 19.3 Å². The van der Waals surface area contributed by atoms with Gasteiger partial charge in [0.1, 0.15) is 13.2 Å². The SMILES string of the molecule is CCC(C)CCCCCCCCCCCCC(=O)OC[C@@H](COC(=O)CCCCCCCCCCCCCCCC(C)C)OC(=O)CCCCCCCCCCCCC(C)CC. The third-order valence-electron chi connectivity index (χ3n) is 13.4. The molecule has 368 valence electrons. The number of esters is 3. The smallest absolute Gasteiger partial charge is 0.306 e. The first-order chi connectivity index (χ1) is 30.2. The molecule has 0 N–H and O–H groups in total. The lowest BCUT2D eigenvalue weighted by molar-refractivity contribution is -0.167. The number of carbonyl (C=O) groups is 3. The lowest BCUT2D eigenvalue weighted by atomic mass is 9.99. The number of hydrogen-bond acceptors (Lipinski definition) is 6. The molecule has 0 aliphatic heterocycles.